The van der Waals surface area contributed by atoms with E-state index in [0.29, 0.717) is 17.3 Å². The first-order valence-electron chi connectivity index (χ1n) is 5.98. The van der Waals surface area contributed by atoms with Crippen molar-refractivity contribution in [1.29, 1.82) is 0 Å². The van der Waals surface area contributed by atoms with Gasteiger partial charge in [-0.1, -0.05) is 24.1 Å². The SMILES string of the molecule is C#CCOc1nnc(-c2cnccn2)c2ccccc12. The van der Waals surface area contributed by atoms with Crippen molar-refractivity contribution in [3.8, 4) is 29.6 Å². The Labute approximate surface area is 115 Å². The molecule has 0 saturated carbocycles. The minimum absolute atomic E-state index is 0.156. The van der Waals surface area contributed by atoms with Gasteiger partial charge in [0, 0.05) is 23.2 Å². The molecule has 0 N–H and O–H groups in total. The van der Waals surface area contributed by atoms with Gasteiger partial charge < -0.3 is 4.74 Å². The summed E-state index contributed by atoms with van der Waals surface area (Å²) in [5.74, 6) is 2.84. The maximum absolute atomic E-state index is 5.41. The number of nitrogens with zero attached hydrogens (tertiary/aromatic N) is 4. The molecular formula is C15H10N4O. The van der Waals surface area contributed by atoms with Crippen molar-refractivity contribution in [2.75, 3.05) is 6.61 Å². The van der Waals surface area contributed by atoms with Crippen molar-refractivity contribution in [2.45, 2.75) is 0 Å². The smallest absolute Gasteiger partial charge is 0.242 e. The molecule has 0 bridgehead atoms. The van der Waals surface area contributed by atoms with E-state index in [0.717, 1.165) is 10.8 Å². The molecule has 0 saturated heterocycles. The van der Waals surface area contributed by atoms with Crippen LogP contribution in [0.1, 0.15) is 0 Å². The Kier molecular flexibility index (Phi) is 3.21. The van der Waals surface area contributed by atoms with Gasteiger partial charge in [-0.15, -0.1) is 16.6 Å². The molecule has 20 heavy (non-hydrogen) atoms. The van der Waals surface area contributed by atoms with Crippen molar-refractivity contribution in [2.24, 2.45) is 0 Å². The van der Waals surface area contributed by atoms with E-state index < -0.39 is 0 Å². The number of hydrogen-bond acceptors (Lipinski definition) is 5. The Bertz CT molecular complexity index is 781. The number of ether oxygens (including phenoxy) is 1. The highest BCUT2D eigenvalue weighted by Crippen LogP contribution is 2.29. The molecule has 0 aliphatic heterocycles. The summed E-state index contributed by atoms with van der Waals surface area (Å²) < 4.78 is 5.41. The summed E-state index contributed by atoms with van der Waals surface area (Å²) in [7, 11) is 0. The molecule has 5 heteroatoms. The molecule has 0 aliphatic carbocycles. The summed E-state index contributed by atoms with van der Waals surface area (Å²) in [5.41, 5.74) is 1.33. The largest absolute Gasteiger partial charge is 0.463 e. The highest BCUT2D eigenvalue weighted by Gasteiger charge is 2.12. The van der Waals surface area contributed by atoms with Gasteiger partial charge in [0.15, 0.2) is 6.61 Å². The maximum atomic E-state index is 5.41. The van der Waals surface area contributed by atoms with Gasteiger partial charge in [-0.25, -0.2) is 0 Å². The first kappa shape index (κ1) is 12.1. The quantitative estimate of drug-likeness (QED) is 0.676. The van der Waals surface area contributed by atoms with Crippen LogP contribution in [-0.4, -0.2) is 26.8 Å². The topological polar surface area (TPSA) is 60.8 Å². The zero-order valence-corrected chi connectivity index (χ0v) is 10.5. The van der Waals surface area contributed by atoms with E-state index in [9.17, 15) is 0 Å². The third-order valence-electron chi connectivity index (χ3n) is 2.75. The summed E-state index contributed by atoms with van der Waals surface area (Å²) in [6.07, 6.45) is 10.1. The van der Waals surface area contributed by atoms with Gasteiger partial charge >= 0.3 is 0 Å². The lowest BCUT2D eigenvalue weighted by atomic mass is 10.1. The predicted molar refractivity (Wildman–Crippen MR) is 74.9 cm³/mol. The third-order valence-corrected chi connectivity index (χ3v) is 2.75. The summed E-state index contributed by atoms with van der Waals surface area (Å²) in [4.78, 5) is 8.30. The molecule has 1 aromatic carbocycles. The molecular weight excluding hydrogens is 252 g/mol. The van der Waals surface area contributed by atoms with Crippen LogP contribution >= 0.6 is 0 Å². The Balaban J connectivity index is 2.19. The van der Waals surface area contributed by atoms with Crippen LogP contribution in [0, 0.1) is 12.3 Å². The van der Waals surface area contributed by atoms with Gasteiger partial charge in [0.05, 0.1) is 6.20 Å². The Morgan fingerprint density at radius 3 is 2.70 bits per heavy atom. The molecule has 0 aliphatic rings. The van der Waals surface area contributed by atoms with Crippen molar-refractivity contribution >= 4 is 10.8 Å². The first-order chi connectivity index (χ1) is 9.90. The zero-order chi connectivity index (χ0) is 13.8. The third kappa shape index (κ3) is 2.15. The van der Waals surface area contributed by atoms with Crippen molar-refractivity contribution in [3.63, 3.8) is 0 Å². The van der Waals surface area contributed by atoms with Gasteiger partial charge in [-0.3, -0.25) is 9.97 Å². The van der Waals surface area contributed by atoms with Gasteiger partial charge in [-0.2, -0.15) is 0 Å². The number of benzene rings is 1. The minimum atomic E-state index is 0.156. The molecule has 0 unspecified atom stereocenters. The van der Waals surface area contributed by atoms with Crippen LogP contribution in [0.2, 0.25) is 0 Å². The fraction of sp³-hybridized carbons (Fsp3) is 0.0667. The van der Waals surface area contributed by atoms with Crippen LogP contribution in [-0.2, 0) is 0 Å². The van der Waals surface area contributed by atoms with E-state index in [1.54, 1.807) is 18.6 Å². The molecule has 0 amide bonds. The van der Waals surface area contributed by atoms with Gasteiger partial charge in [0.1, 0.15) is 11.4 Å². The Morgan fingerprint density at radius 1 is 1.10 bits per heavy atom. The molecule has 3 aromatic rings. The van der Waals surface area contributed by atoms with E-state index >= 15 is 0 Å². The lowest BCUT2D eigenvalue weighted by molar-refractivity contribution is 0.356. The number of aromatic nitrogens is 4. The van der Waals surface area contributed by atoms with Crippen molar-refractivity contribution in [3.05, 3.63) is 42.9 Å². The number of hydrogen-bond donors (Lipinski definition) is 0. The Morgan fingerprint density at radius 2 is 1.95 bits per heavy atom. The minimum Gasteiger partial charge on any atom is -0.463 e. The molecule has 2 heterocycles. The van der Waals surface area contributed by atoms with E-state index in [1.165, 1.54) is 0 Å². The highest BCUT2D eigenvalue weighted by molar-refractivity contribution is 5.96. The van der Waals surface area contributed by atoms with E-state index in [1.807, 2.05) is 24.3 Å². The number of terminal acetylenes is 1. The molecule has 0 radical (unpaired) electrons. The fourth-order valence-electron chi connectivity index (χ4n) is 1.91. The average Bonchev–Trinajstić information content (AvgIpc) is 2.53. The Hall–Kier alpha value is -3.00. The standard InChI is InChI=1S/C15H10N4O/c1-2-9-20-15-12-6-4-3-5-11(12)14(18-19-15)13-10-16-7-8-17-13/h1,3-8,10H,9H2. The maximum Gasteiger partial charge on any atom is 0.242 e. The summed E-state index contributed by atoms with van der Waals surface area (Å²) in [6.45, 7) is 0.156. The van der Waals surface area contributed by atoms with E-state index in [4.69, 9.17) is 11.2 Å². The molecule has 0 fully saturated rings. The van der Waals surface area contributed by atoms with Gasteiger partial charge in [0.2, 0.25) is 5.88 Å². The van der Waals surface area contributed by atoms with Crippen molar-refractivity contribution < 1.29 is 4.74 Å². The van der Waals surface area contributed by atoms with Crippen LogP contribution in [0.15, 0.2) is 42.9 Å². The summed E-state index contributed by atoms with van der Waals surface area (Å²) in [6, 6.07) is 7.69. The normalized spacial score (nSPS) is 10.2. The van der Waals surface area contributed by atoms with Crippen molar-refractivity contribution in [1.82, 2.24) is 20.2 Å². The number of fused-ring (bicyclic) bond motifs is 1. The van der Waals surface area contributed by atoms with Gasteiger partial charge in [-0.05, 0) is 6.07 Å². The second-order valence-corrected chi connectivity index (χ2v) is 3.98. The van der Waals surface area contributed by atoms with E-state index in [2.05, 4.69) is 26.1 Å². The highest BCUT2D eigenvalue weighted by atomic mass is 16.5. The second kappa shape index (κ2) is 5.33. The molecule has 5 nitrogen and oxygen atoms in total. The predicted octanol–water partition coefficient (Wildman–Crippen LogP) is 2.10. The molecule has 3 rings (SSSR count). The van der Waals surface area contributed by atoms with E-state index in [-0.39, 0.29) is 6.61 Å². The summed E-state index contributed by atoms with van der Waals surface area (Å²) in [5, 5.41) is 10.0. The molecule has 0 spiro atoms. The zero-order valence-electron chi connectivity index (χ0n) is 10.5. The van der Waals surface area contributed by atoms with Crippen LogP contribution < -0.4 is 4.74 Å². The second-order valence-electron chi connectivity index (χ2n) is 3.98. The monoisotopic (exact) mass is 262 g/mol. The molecule has 0 atom stereocenters. The lowest BCUT2D eigenvalue weighted by Crippen LogP contribution is -2.00. The van der Waals surface area contributed by atoms with Crippen LogP contribution in [0.3, 0.4) is 0 Å². The lowest BCUT2D eigenvalue weighted by Gasteiger charge is -2.08. The average molecular weight is 262 g/mol. The number of rotatable bonds is 3. The van der Waals surface area contributed by atoms with Crippen LogP contribution in [0.25, 0.3) is 22.2 Å². The van der Waals surface area contributed by atoms with Crippen LogP contribution in [0.4, 0.5) is 0 Å². The molecule has 96 valence electrons. The molecule has 2 aromatic heterocycles. The van der Waals surface area contributed by atoms with Crippen LogP contribution in [0.5, 0.6) is 5.88 Å². The summed E-state index contributed by atoms with van der Waals surface area (Å²) >= 11 is 0. The van der Waals surface area contributed by atoms with Gasteiger partial charge in [0.25, 0.3) is 0 Å². The fourth-order valence-corrected chi connectivity index (χ4v) is 1.91. The first-order valence-corrected chi connectivity index (χ1v) is 5.98.